The predicted molar refractivity (Wildman–Crippen MR) is 94.2 cm³/mol. The van der Waals surface area contributed by atoms with Crippen molar-refractivity contribution in [1.82, 2.24) is 0 Å². The van der Waals surface area contributed by atoms with Crippen molar-refractivity contribution in [3.05, 3.63) is 70.2 Å². The molecule has 0 aromatic heterocycles. The number of aliphatic hydroxyl groups excluding tert-OH is 1. The Morgan fingerprint density at radius 3 is 2.09 bits per heavy atom. The maximum Gasteiger partial charge on any atom is 0.0559 e. The first-order chi connectivity index (χ1) is 10.5. The normalized spacial score (nSPS) is 16.8. The third kappa shape index (κ3) is 4.40. The van der Waals surface area contributed by atoms with Gasteiger partial charge in [0.15, 0.2) is 0 Å². The van der Waals surface area contributed by atoms with Crippen LogP contribution >= 0.6 is 15.9 Å². The SMILES string of the molecule is C[C@@H](O)[C@@H](CC(N)c1ccc(Br)cc1)C(N)c1ccccc1. The molecule has 0 spiro atoms. The molecule has 3 nitrogen and oxygen atoms in total. The zero-order chi connectivity index (χ0) is 16.1. The fourth-order valence-electron chi connectivity index (χ4n) is 2.71. The zero-order valence-electron chi connectivity index (χ0n) is 12.7. The smallest absolute Gasteiger partial charge is 0.0559 e. The van der Waals surface area contributed by atoms with Gasteiger partial charge in [0.25, 0.3) is 0 Å². The van der Waals surface area contributed by atoms with Crippen molar-refractivity contribution in [2.45, 2.75) is 31.5 Å². The molecule has 0 radical (unpaired) electrons. The van der Waals surface area contributed by atoms with E-state index in [0.717, 1.165) is 15.6 Å². The minimum absolute atomic E-state index is 0.0963. The molecule has 0 heterocycles. The Kier molecular flexibility index (Phi) is 6.15. The molecule has 0 aliphatic rings. The van der Waals surface area contributed by atoms with Crippen molar-refractivity contribution in [3.63, 3.8) is 0 Å². The van der Waals surface area contributed by atoms with Crippen LogP contribution in [0.5, 0.6) is 0 Å². The molecular weight excluding hydrogens is 340 g/mol. The van der Waals surface area contributed by atoms with Crippen molar-refractivity contribution >= 4 is 15.9 Å². The molecular formula is C18H23BrN2O. The maximum atomic E-state index is 10.1. The van der Waals surface area contributed by atoms with Gasteiger partial charge < -0.3 is 16.6 Å². The molecule has 2 unspecified atom stereocenters. The summed E-state index contributed by atoms with van der Waals surface area (Å²) in [7, 11) is 0. The quantitative estimate of drug-likeness (QED) is 0.735. The largest absolute Gasteiger partial charge is 0.393 e. The highest BCUT2D eigenvalue weighted by Gasteiger charge is 2.26. The summed E-state index contributed by atoms with van der Waals surface area (Å²) < 4.78 is 1.02. The summed E-state index contributed by atoms with van der Waals surface area (Å²) in [6.45, 7) is 1.78. The van der Waals surface area contributed by atoms with E-state index < -0.39 is 6.10 Å². The third-order valence-corrected chi connectivity index (χ3v) is 4.62. The molecule has 5 N–H and O–H groups in total. The summed E-state index contributed by atoms with van der Waals surface area (Å²) >= 11 is 3.42. The Hall–Kier alpha value is -1.20. The Bertz CT molecular complexity index is 571. The molecule has 0 saturated carbocycles. The van der Waals surface area contributed by atoms with Crippen LogP contribution in [0.1, 0.15) is 36.6 Å². The van der Waals surface area contributed by atoms with Crippen molar-refractivity contribution in [2.24, 2.45) is 17.4 Å². The second-order valence-electron chi connectivity index (χ2n) is 5.73. The van der Waals surface area contributed by atoms with Gasteiger partial charge in [-0.05, 0) is 36.6 Å². The Balaban J connectivity index is 2.13. The van der Waals surface area contributed by atoms with Crippen molar-refractivity contribution in [3.8, 4) is 0 Å². The van der Waals surface area contributed by atoms with Crippen molar-refractivity contribution in [2.75, 3.05) is 0 Å². The van der Waals surface area contributed by atoms with Gasteiger partial charge in [0.2, 0.25) is 0 Å². The van der Waals surface area contributed by atoms with Crippen LogP contribution in [0.4, 0.5) is 0 Å². The number of benzene rings is 2. The number of hydrogen-bond acceptors (Lipinski definition) is 3. The van der Waals surface area contributed by atoms with E-state index in [1.54, 1.807) is 6.92 Å². The van der Waals surface area contributed by atoms with Crippen molar-refractivity contribution in [1.29, 1.82) is 0 Å². The second kappa shape index (κ2) is 7.88. The summed E-state index contributed by atoms with van der Waals surface area (Å²) in [4.78, 5) is 0. The van der Waals surface area contributed by atoms with Gasteiger partial charge in [0.1, 0.15) is 0 Å². The van der Waals surface area contributed by atoms with E-state index in [2.05, 4.69) is 15.9 Å². The van der Waals surface area contributed by atoms with Crippen LogP contribution < -0.4 is 11.5 Å². The van der Waals surface area contributed by atoms with Crippen LogP contribution in [0, 0.1) is 5.92 Å². The minimum atomic E-state index is -0.517. The summed E-state index contributed by atoms with van der Waals surface area (Å²) in [6, 6.07) is 17.4. The van der Waals surface area contributed by atoms with E-state index in [-0.39, 0.29) is 18.0 Å². The van der Waals surface area contributed by atoms with E-state index in [9.17, 15) is 5.11 Å². The summed E-state index contributed by atoms with van der Waals surface area (Å²) in [5, 5.41) is 10.1. The van der Waals surface area contributed by atoms with E-state index in [0.29, 0.717) is 6.42 Å². The third-order valence-electron chi connectivity index (χ3n) is 4.09. The lowest BCUT2D eigenvalue weighted by Gasteiger charge is -2.29. The van der Waals surface area contributed by atoms with E-state index in [1.165, 1.54) is 0 Å². The van der Waals surface area contributed by atoms with Crippen LogP contribution in [-0.4, -0.2) is 11.2 Å². The first-order valence-corrected chi connectivity index (χ1v) is 8.28. The summed E-state index contributed by atoms with van der Waals surface area (Å²) in [5.74, 6) is -0.0963. The average Bonchev–Trinajstić information content (AvgIpc) is 2.53. The first kappa shape index (κ1) is 17.2. The second-order valence-corrected chi connectivity index (χ2v) is 6.65. The number of nitrogens with two attached hydrogens (primary N) is 2. The average molecular weight is 363 g/mol. The van der Waals surface area contributed by atoms with Crippen LogP contribution in [0.15, 0.2) is 59.1 Å². The first-order valence-electron chi connectivity index (χ1n) is 7.48. The molecule has 4 atom stereocenters. The fourth-order valence-corrected chi connectivity index (χ4v) is 2.97. The highest BCUT2D eigenvalue weighted by molar-refractivity contribution is 9.10. The van der Waals surface area contributed by atoms with Crippen LogP contribution in [0.3, 0.4) is 0 Å². The number of halogens is 1. The van der Waals surface area contributed by atoms with Crippen LogP contribution in [-0.2, 0) is 0 Å². The topological polar surface area (TPSA) is 72.3 Å². The molecule has 2 rings (SSSR count). The maximum absolute atomic E-state index is 10.1. The number of rotatable bonds is 6. The molecule has 2 aromatic carbocycles. The van der Waals surface area contributed by atoms with Gasteiger partial charge in [-0.15, -0.1) is 0 Å². The van der Waals surface area contributed by atoms with E-state index in [4.69, 9.17) is 11.5 Å². The Morgan fingerprint density at radius 1 is 0.955 bits per heavy atom. The lowest BCUT2D eigenvalue weighted by molar-refractivity contribution is 0.0987. The van der Waals surface area contributed by atoms with E-state index >= 15 is 0 Å². The van der Waals surface area contributed by atoms with Gasteiger partial charge in [-0.1, -0.05) is 58.4 Å². The number of aliphatic hydroxyl groups is 1. The lowest BCUT2D eigenvalue weighted by atomic mass is 9.83. The minimum Gasteiger partial charge on any atom is -0.393 e. The van der Waals surface area contributed by atoms with Crippen LogP contribution in [0.2, 0.25) is 0 Å². The molecule has 0 aliphatic carbocycles. The van der Waals surface area contributed by atoms with Gasteiger partial charge >= 0.3 is 0 Å². The monoisotopic (exact) mass is 362 g/mol. The predicted octanol–water partition coefficient (Wildman–Crippen LogP) is 3.54. The number of hydrogen-bond donors (Lipinski definition) is 3. The van der Waals surface area contributed by atoms with Gasteiger partial charge in [0, 0.05) is 22.5 Å². The van der Waals surface area contributed by atoms with Gasteiger partial charge in [-0.2, -0.15) is 0 Å². The lowest BCUT2D eigenvalue weighted by Crippen LogP contribution is -2.32. The Labute approximate surface area is 140 Å². The summed E-state index contributed by atoms with van der Waals surface area (Å²) in [5.41, 5.74) is 14.8. The van der Waals surface area contributed by atoms with Crippen molar-refractivity contribution < 1.29 is 5.11 Å². The molecule has 0 bridgehead atoms. The zero-order valence-corrected chi connectivity index (χ0v) is 14.3. The molecule has 22 heavy (non-hydrogen) atoms. The molecule has 0 saturated heterocycles. The molecule has 2 aromatic rings. The van der Waals surface area contributed by atoms with Gasteiger partial charge in [-0.25, -0.2) is 0 Å². The molecule has 0 amide bonds. The van der Waals surface area contributed by atoms with Crippen LogP contribution in [0.25, 0.3) is 0 Å². The Morgan fingerprint density at radius 2 is 1.55 bits per heavy atom. The highest BCUT2D eigenvalue weighted by atomic mass is 79.9. The summed E-state index contributed by atoms with van der Waals surface area (Å²) in [6.07, 6.45) is 0.117. The molecule has 0 aliphatic heterocycles. The van der Waals surface area contributed by atoms with E-state index in [1.807, 2.05) is 54.6 Å². The molecule has 4 heteroatoms. The fraction of sp³-hybridized carbons (Fsp3) is 0.333. The van der Waals surface area contributed by atoms with Gasteiger partial charge in [-0.3, -0.25) is 0 Å². The molecule has 0 fully saturated rings. The highest BCUT2D eigenvalue weighted by Crippen LogP contribution is 2.30. The van der Waals surface area contributed by atoms with Gasteiger partial charge in [0.05, 0.1) is 6.10 Å². The molecule has 118 valence electrons. The standard InChI is InChI=1S/C18H23BrN2O/c1-12(22)16(18(21)14-5-3-2-4-6-14)11-17(20)13-7-9-15(19)10-8-13/h2-10,12,16-18,22H,11,20-21H2,1H3/t12-,16-,17?,18?/m1/s1.